The van der Waals surface area contributed by atoms with Crippen molar-refractivity contribution in [1.29, 1.82) is 0 Å². The predicted octanol–water partition coefficient (Wildman–Crippen LogP) is 0.506. The minimum Gasteiger partial charge on any atom is -0.313 e. The predicted molar refractivity (Wildman–Crippen MR) is 93.8 cm³/mol. The molecule has 0 saturated heterocycles. The van der Waals surface area contributed by atoms with Crippen LogP contribution in [0.25, 0.3) is 0 Å². The Hall–Kier alpha value is -0.520. The van der Waals surface area contributed by atoms with Crippen LogP contribution in [0.2, 0.25) is 0 Å². The summed E-state index contributed by atoms with van der Waals surface area (Å²) in [6.07, 6.45) is 0.465. The fourth-order valence-electron chi connectivity index (χ4n) is 1.80. The van der Waals surface area contributed by atoms with Gasteiger partial charge in [0.25, 0.3) is 0 Å². The highest BCUT2D eigenvalue weighted by Gasteiger charge is 2.17. The molecule has 7 nitrogen and oxygen atoms in total. The third-order valence-electron chi connectivity index (χ3n) is 3.11. The Morgan fingerprint density at radius 2 is 1.83 bits per heavy atom. The van der Waals surface area contributed by atoms with Crippen LogP contribution >= 0.6 is 11.3 Å². The van der Waals surface area contributed by atoms with E-state index in [-0.39, 0.29) is 22.5 Å². The van der Waals surface area contributed by atoms with Crippen molar-refractivity contribution < 1.29 is 16.8 Å². The zero-order chi connectivity index (χ0) is 17.5. The van der Waals surface area contributed by atoms with Crippen LogP contribution in [-0.4, -0.2) is 48.3 Å². The minimum atomic E-state index is -3.52. The maximum Gasteiger partial charge on any atom is 0.250 e. The average molecular weight is 384 g/mol. The number of hydrogen-bond donors (Lipinski definition) is 3. The summed E-state index contributed by atoms with van der Waals surface area (Å²) in [6, 6.07) is 3.32. The summed E-state index contributed by atoms with van der Waals surface area (Å²) < 4.78 is 52.3. The van der Waals surface area contributed by atoms with Gasteiger partial charge in [0.2, 0.25) is 20.0 Å². The zero-order valence-electron chi connectivity index (χ0n) is 13.6. The normalized spacial score (nSPS) is 14.0. The van der Waals surface area contributed by atoms with Crippen LogP contribution in [0.5, 0.6) is 0 Å². The number of sulfonamides is 2. The molecule has 0 bridgehead atoms. The Morgan fingerprint density at radius 3 is 2.43 bits per heavy atom. The molecule has 1 aromatic heterocycles. The van der Waals surface area contributed by atoms with Crippen LogP contribution in [0, 0.1) is 0 Å². The third-order valence-corrected chi connectivity index (χ3v) is 7.57. The lowest BCUT2D eigenvalue weighted by Gasteiger charge is -2.12. The van der Waals surface area contributed by atoms with Gasteiger partial charge in [-0.05, 0) is 38.9 Å². The first kappa shape index (κ1) is 20.5. The molecular formula is C13H25N3O4S3. The Balaban J connectivity index is 2.57. The fraction of sp³-hybridized carbons (Fsp3) is 0.692. The van der Waals surface area contributed by atoms with Gasteiger partial charge < -0.3 is 5.32 Å². The topological polar surface area (TPSA) is 104 Å². The molecule has 0 aliphatic heterocycles. The average Bonchev–Trinajstić information content (AvgIpc) is 2.95. The van der Waals surface area contributed by atoms with E-state index in [1.54, 1.807) is 19.1 Å². The van der Waals surface area contributed by atoms with Crippen molar-refractivity contribution in [3.05, 3.63) is 17.0 Å². The molecule has 0 fully saturated rings. The molecule has 0 saturated carbocycles. The Kier molecular flexibility index (Phi) is 8.11. The molecule has 0 aliphatic carbocycles. The van der Waals surface area contributed by atoms with E-state index in [9.17, 15) is 16.8 Å². The molecule has 1 atom stereocenters. The van der Waals surface area contributed by atoms with Gasteiger partial charge in [0.15, 0.2) is 0 Å². The summed E-state index contributed by atoms with van der Waals surface area (Å²) in [6.45, 7) is 6.80. The molecule has 0 spiro atoms. The van der Waals surface area contributed by atoms with Crippen molar-refractivity contribution in [2.24, 2.45) is 0 Å². The van der Waals surface area contributed by atoms with Crippen molar-refractivity contribution in [2.45, 2.75) is 37.4 Å². The zero-order valence-corrected chi connectivity index (χ0v) is 16.1. The number of rotatable bonds is 11. The molecule has 0 radical (unpaired) electrons. The van der Waals surface area contributed by atoms with Crippen molar-refractivity contribution in [1.82, 2.24) is 14.8 Å². The number of likely N-dealkylation sites (N-methyl/N-ethyl adjacent to an activating group) is 1. The van der Waals surface area contributed by atoms with Crippen molar-refractivity contribution >= 4 is 31.4 Å². The van der Waals surface area contributed by atoms with Crippen LogP contribution in [0.15, 0.2) is 16.3 Å². The van der Waals surface area contributed by atoms with Crippen molar-refractivity contribution in [3.63, 3.8) is 0 Å². The Morgan fingerprint density at radius 1 is 1.13 bits per heavy atom. The van der Waals surface area contributed by atoms with Crippen LogP contribution < -0.4 is 14.8 Å². The molecule has 1 aromatic rings. The summed E-state index contributed by atoms with van der Waals surface area (Å²) in [5.41, 5.74) is 0. The SMILES string of the molecule is CCN[C@H](C)CNS(=O)(=O)c1ccc(CCNS(=O)(=O)CC)s1. The lowest BCUT2D eigenvalue weighted by atomic mass is 10.3. The van der Waals surface area contributed by atoms with Gasteiger partial charge in [-0.2, -0.15) is 0 Å². The minimum absolute atomic E-state index is 0.0327. The van der Waals surface area contributed by atoms with Gasteiger partial charge in [-0.25, -0.2) is 26.3 Å². The second-order valence-corrected chi connectivity index (χ2v) is 10.3. The van der Waals surface area contributed by atoms with Gasteiger partial charge in [0.05, 0.1) is 5.75 Å². The molecule has 0 unspecified atom stereocenters. The molecule has 0 aliphatic rings. The monoisotopic (exact) mass is 383 g/mol. The van der Waals surface area contributed by atoms with E-state index in [0.717, 1.165) is 22.8 Å². The molecular weight excluding hydrogens is 358 g/mol. The smallest absolute Gasteiger partial charge is 0.250 e. The van der Waals surface area contributed by atoms with Gasteiger partial charge >= 0.3 is 0 Å². The van der Waals surface area contributed by atoms with E-state index in [1.807, 2.05) is 13.8 Å². The van der Waals surface area contributed by atoms with Crippen molar-refractivity contribution in [3.8, 4) is 0 Å². The maximum atomic E-state index is 12.2. The molecule has 134 valence electrons. The standard InChI is InChI=1S/C13H25N3O4S3/c1-4-14-11(3)10-16-23(19,20)13-7-6-12(21-13)8-9-15-22(17,18)5-2/h6-7,11,14-16H,4-5,8-10H2,1-3H3/t11-/m1/s1. The van der Waals surface area contributed by atoms with E-state index in [0.29, 0.717) is 13.0 Å². The number of nitrogens with one attached hydrogen (secondary N) is 3. The van der Waals surface area contributed by atoms with Gasteiger partial charge in [-0.15, -0.1) is 11.3 Å². The summed E-state index contributed by atoms with van der Waals surface area (Å²) >= 11 is 1.16. The van der Waals surface area contributed by atoms with E-state index in [2.05, 4.69) is 14.8 Å². The van der Waals surface area contributed by atoms with E-state index in [1.165, 1.54) is 0 Å². The third kappa shape index (κ3) is 7.27. The first-order chi connectivity index (χ1) is 10.7. The largest absolute Gasteiger partial charge is 0.313 e. The molecule has 23 heavy (non-hydrogen) atoms. The Labute approximate surface area is 143 Å². The fourth-order valence-corrected chi connectivity index (χ4v) is 4.94. The highest BCUT2D eigenvalue weighted by atomic mass is 32.2. The van der Waals surface area contributed by atoms with E-state index in [4.69, 9.17) is 0 Å². The maximum absolute atomic E-state index is 12.2. The molecule has 1 rings (SSSR count). The van der Waals surface area contributed by atoms with Crippen LogP contribution in [0.3, 0.4) is 0 Å². The second-order valence-electron chi connectivity index (χ2n) is 5.08. The highest BCUT2D eigenvalue weighted by molar-refractivity contribution is 7.91. The summed E-state index contributed by atoms with van der Waals surface area (Å²) in [4.78, 5) is 0.823. The lowest BCUT2D eigenvalue weighted by Crippen LogP contribution is -2.38. The van der Waals surface area contributed by atoms with Crippen molar-refractivity contribution in [2.75, 3.05) is 25.4 Å². The van der Waals surface area contributed by atoms with Crippen LogP contribution in [0.4, 0.5) is 0 Å². The second kappa shape index (κ2) is 9.09. The summed E-state index contributed by atoms with van der Waals surface area (Å²) in [5.74, 6) is 0.0327. The lowest BCUT2D eigenvalue weighted by molar-refractivity contribution is 0.537. The summed E-state index contributed by atoms with van der Waals surface area (Å²) in [5, 5.41) is 3.13. The molecule has 3 N–H and O–H groups in total. The number of hydrogen-bond acceptors (Lipinski definition) is 6. The first-order valence-corrected chi connectivity index (χ1v) is 11.4. The molecule has 10 heteroatoms. The van der Waals surface area contributed by atoms with Gasteiger partial charge in [0.1, 0.15) is 4.21 Å². The van der Waals surface area contributed by atoms with Crippen LogP contribution in [-0.2, 0) is 26.5 Å². The highest BCUT2D eigenvalue weighted by Crippen LogP contribution is 2.21. The van der Waals surface area contributed by atoms with Gasteiger partial charge in [-0.3, -0.25) is 0 Å². The molecule has 1 heterocycles. The van der Waals surface area contributed by atoms with E-state index >= 15 is 0 Å². The van der Waals surface area contributed by atoms with Crippen LogP contribution in [0.1, 0.15) is 25.6 Å². The number of thiophene rings is 1. The first-order valence-electron chi connectivity index (χ1n) is 7.49. The summed E-state index contributed by atoms with van der Waals surface area (Å²) in [7, 11) is -6.74. The molecule has 0 amide bonds. The quantitative estimate of drug-likeness (QED) is 0.516. The van der Waals surface area contributed by atoms with Gasteiger partial charge in [-0.1, -0.05) is 6.92 Å². The van der Waals surface area contributed by atoms with E-state index < -0.39 is 20.0 Å². The molecule has 0 aromatic carbocycles. The Bertz CT molecular complexity index is 683. The van der Waals surface area contributed by atoms with Gasteiger partial charge in [0, 0.05) is 24.0 Å².